The van der Waals surface area contributed by atoms with Crippen molar-refractivity contribution >= 4 is 18.0 Å². The zero-order chi connectivity index (χ0) is 20.4. The summed E-state index contributed by atoms with van der Waals surface area (Å²) < 4.78 is 11.9. The third-order valence-electron chi connectivity index (χ3n) is 3.93. The Bertz CT molecular complexity index is 801. The molecule has 9 heteroatoms. The second kappa shape index (κ2) is 10.8. The monoisotopic (exact) mass is 387 g/mol. The van der Waals surface area contributed by atoms with Gasteiger partial charge in [0.2, 0.25) is 5.91 Å². The Balaban J connectivity index is 1.80. The zero-order valence-electron chi connectivity index (χ0n) is 16.3. The first-order valence-corrected chi connectivity index (χ1v) is 9.07. The van der Waals surface area contributed by atoms with Crippen LogP contribution in [0.4, 0.5) is 0 Å². The summed E-state index contributed by atoms with van der Waals surface area (Å²) in [6.07, 6.45) is 4.94. The minimum absolute atomic E-state index is 0.0442. The van der Waals surface area contributed by atoms with Gasteiger partial charge in [-0.3, -0.25) is 4.79 Å². The topological polar surface area (TPSA) is 108 Å². The van der Waals surface area contributed by atoms with Crippen molar-refractivity contribution in [1.29, 1.82) is 0 Å². The van der Waals surface area contributed by atoms with Crippen LogP contribution in [-0.2, 0) is 27.5 Å². The summed E-state index contributed by atoms with van der Waals surface area (Å²) in [6, 6.07) is 6.44. The normalized spacial score (nSPS) is 12.0. The molecule has 1 N–H and O–H groups in total. The van der Waals surface area contributed by atoms with E-state index < -0.39 is 17.9 Å². The molecule has 2 aromatic rings. The molecular weight excluding hydrogens is 362 g/mol. The average Bonchev–Trinajstić information content (AvgIpc) is 3.16. The van der Waals surface area contributed by atoms with E-state index in [0.717, 1.165) is 24.2 Å². The Morgan fingerprint density at radius 3 is 2.71 bits per heavy atom. The number of tetrazole rings is 1. The van der Waals surface area contributed by atoms with Gasteiger partial charge in [0.05, 0.1) is 7.11 Å². The van der Waals surface area contributed by atoms with Crippen LogP contribution >= 0.6 is 0 Å². The van der Waals surface area contributed by atoms with Gasteiger partial charge in [-0.15, -0.1) is 5.10 Å². The van der Waals surface area contributed by atoms with Crippen molar-refractivity contribution in [3.8, 4) is 5.75 Å². The minimum atomic E-state index is -0.798. The number of esters is 1. The van der Waals surface area contributed by atoms with E-state index in [0.29, 0.717) is 12.4 Å². The molecule has 0 aliphatic carbocycles. The van der Waals surface area contributed by atoms with Crippen LogP contribution in [0.3, 0.4) is 0 Å². The number of nitrogens with zero attached hydrogens (tertiary/aromatic N) is 4. The number of unbranched alkanes of at least 4 members (excludes halogenated alkanes) is 1. The predicted molar refractivity (Wildman–Crippen MR) is 102 cm³/mol. The van der Waals surface area contributed by atoms with Gasteiger partial charge >= 0.3 is 5.97 Å². The Labute approximate surface area is 163 Å². The Morgan fingerprint density at radius 2 is 2.04 bits per heavy atom. The van der Waals surface area contributed by atoms with E-state index in [1.807, 2.05) is 12.1 Å². The zero-order valence-corrected chi connectivity index (χ0v) is 16.3. The van der Waals surface area contributed by atoms with Crippen molar-refractivity contribution in [2.45, 2.75) is 45.9 Å². The highest BCUT2D eigenvalue weighted by Crippen LogP contribution is 2.12. The first-order chi connectivity index (χ1) is 13.5. The summed E-state index contributed by atoms with van der Waals surface area (Å²) in [5, 5.41) is 13.9. The van der Waals surface area contributed by atoms with Crippen LogP contribution in [0, 0.1) is 0 Å². The highest BCUT2D eigenvalue weighted by molar-refractivity contribution is 5.94. The van der Waals surface area contributed by atoms with E-state index in [1.165, 1.54) is 6.08 Å². The van der Waals surface area contributed by atoms with E-state index in [1.54, 1.807) is 36.9 Å². The van der Waals surface area contributed by atoms with Gasteiger partial charge in [-0.2, -0.15) is 0 Å². The molecule has 0 aliphatic rings. The highest BCUT2D eigenvalue weighted by atomic mass is 16.5. The number of aryl methyl sites for hydroxylation is 1. The molecule has 0 saturated carbocycles. The van der Waals surface area contributed by atoms with Gasteiger partial charge in [-0.05, 0) is 47.5 Å². The number of methoxy groups -OCH3 is 1. The van der Waals surface area contributed by atoms with Crippen LogP contribution in [0.1, 0.15) is 38.1 Å². The first kappa shape index (κ1) is 21.1. The summed E-state index contributed by atoms with van der Waals surface area (Å²) in [4.78, 5) is 24.1. The summed E-state index contributed by atoms with van der Waals surface area (Å²) in [5.41, 5.74) is 0.838. The second-order valence-corrected chi connectivity index (χ2v) is 6.12. The molecule has 1 heterocycles. The smallest absolute Gasteiger partial charge is 0.328 e. The molecule has 1 amide bonds. The molecule has 28 heavy (non-hydrogen) atoms. The maximum atomic E-state index is 12.1. The van der Waals surface area contributed by atoms with Crippen molar-refractivity contribution in [3.05, 3.63) is 41.7 Å². The molecule has 1 aromatic carbocycles. The third kappa shape index (κ3) is 6.49. The lowest BCUT2D eigenvalue weighted by molar-refractivity contribution is -0.148. The molecule has 150 valence electrons. The molecule has 9 nitrogen and oxygen atoms in total. The summed E-state index contributed by atoms with van der Waals surface area (Å²) >= 11 is 0. The first-order valence-electron chi connectivity index (χ1n) is 9.07. The number of benzene rings is 1. The number of nitrogens with one attached hydrogen (secondary N) is 1. The van der Waals surface area contributed by atoms with Crippen molar-refractivity contribution in [2.75, 3.05) is 7.11 Å². The van der Waals surface area contributed by atoms with Crippen molar-refractivity contribution in [3.63, 3.8) is 0 Å². The Kier molecular flexibility index (Phi) is 8.13. The fraction of sp³-hybridized carbons (Fsp3) is 0.421. The predicted octanol–water partition coefficient (Wildman–Crippen LogP) is 1.74. The molecule has 1 unspecified atom stereocenters. The Hall–Kier alpha value is -3.23. The number of ether oxygens (including phenoxy) is 2. The molecule has 0 radical (unpaired) electrons. The number of carbonyl (C=O) groups is 2. The maximum absolute atomic E-state index is 12.1. The highest BCUT2D eigenvalue weighted by Gasteiger charge is 2.17. The second-order valence-electron chi connectivity index (χ2n) is 6.12. The van der Waals surface area contributed by atoms with Gasteiger partial charge < -0.3 is 14.8 Å². The van der Waals surface area contributed by atoms with Crippen LogP contribution in [0.15, 0.2) is 30.3 Å². The standard InChI is InChI=1S/C19H25N5O4/c1-4-5-12-24-17(21-22-23-24)13-28-19(26)14(2)20-18(25)11-8-15-6-9-16(27-3)10-7-15/h6-11,14H,4-5,12-13H2,1-3H3,(H,20,25)/b11-8+. The lowest BCUT2D eigenvalue weighted by Crippen LogP contribution is -2.38. The molecule has 0 saturated heterocycles. The molecule has 1 aromatic heterocycles. The van der Waals surface area contributed by atoms with Crippen molar-refractivity contribution in [2.24, 2.45) is 0 Å². The molecule has 0 bridgehead atoms. The number of aromatic nitrogens is 4. The molecule has 0 spiro atoms. The Morgan fingerprint density at radius 1 is 1.29 bits per heavy atom. The van der Waals surface area contributed by atoms with Gasteiger partial charge in [0.1, 0.15) is 11.8 Å². The van der Waals surface area contributed by atoms with Gasteiger partial charge in [-0.1, -0.05) is 25.5 Å². The van der Waals surface area contributed by atoms with Crippen molar-refractivity contribution in [1.82, 2.24) is 25.5 Å². The maximum Gasteiger partial charge on any atom is 0.328 e. The van der Waals surface area contributed by atoms with Crippen LogP contribution in [0.2, 0.25) is 0 Å². The van der Waals surface area contributed by atoms with Crippen LogP contribution in [0.5, 0.6) is 5.75 Å². The lowest BCUT2D eigenvalue weighted by Gasteiger charge is -2.12. The number of amides is 1. The molecule has 0 aliphatic heterocycles. The number of hydrogen-bond donors (Lipinski definition) is 1. The van der Waals surface area contributed by atoms with Crippen LogP contribution in [0.25, 0.3) is 6.08 Å². The fourth-order valence-corrected chi connectivity index (χ4v) is 2.28. The van der Waals surface area contributed by atoms with Gasteiger partial charge in [0.25, 0.3) is 0 Å². The quantitative estimate of drug-likeness (QED) is 0.489. The minimum Gasteiger partial charge on any atom is -0.497 e. The van der Waals surface area contributed by atoms with E-state index in [4.69, 9.17) is 9.47 Å². The lowest BCUT2D eigenvalue weighted by atomic mass is 10.2. The summed E-state index contributed by atoms with van der Waals surface area (Å²) in [6.45, 7) is 4.25. The largest absolute Gasteiger partial charge is 0.497 e. The summed E-state index contributed by atoms with van der Waals surface area (Å²) in [5.74, 6) is 0.253. The molecule has 0 fully saturated rings. The SMILES string of the molecule is CCCCn1nnnc1COC(=O)C(C)NC(=O)/C=C/c1ccc(OC)cc1. The third-order valence-corrected chi connectivity index (χ3v) is 3.93. The van der Waals surface area contributed by atoms with Gasteiger partial charge in [0, 0.05) is 12.6 Å². The molecular formula is C19H25N5O4. The fourth-order valence-electron chi connectivity index (χ4n) is 2.28. The van der Waals surface area contributed by atoms with Gasteiger partial charge in [0.15, 0.2) is 12.4 Å². The van der Waals surface area contributed by atoms with E-state index in [9.17, 15) is 9.59 Å². The van der Waals surface area contributed by atoms with E-state index in [2.05, 4.69) is 27.8 Å². The van der Waals surface area contributed by atoms with Crippen LogP contribution < -0.4 is 10.1 Å². The molecule has 1 atom stereocenters. The van der Waals surface area contributed by atoms with Crippen LogP contribution in [-0.4, -0.2) is 45.2 Å². The van der Waals surface area contributed by atoms with Gasteiger partial charge in [-0.25, -0.2) is 9.48 Å². The number of rotatable bonds is 10. The van der Waals surface area contributed by atoms with Crippen molar-refractivity contribution < 1.29 is 19.1 Å². The number of hydrogen-bond acceptors (Lipinski definition) is 7. The number of carbonyl (C=O) groups excluding carboxylic acids is 2. The average molecular weight is 387 g/mol. The van der Waals surface area contributed by atoms with E-state index in [-0.39, 0.29) is 6.61 Å². The summed E-state index contributed by atoms with van der Waals surface area (Å²) in [7, 11) is 1.59. The molecule has 2 rings (SSSR count). The van der Waals surface area contributed by atoms with E-state index >= 15 is 0 Å².